The monoisotopic (exact) mass is 364 g/mol. The second-order valence-electron chi connectivity index (χ2n) is 5.78. The second kappa shape index (κ2) is 6.79. The van der Waals surface area contributed by atoms with Crippen LogP contribution in [-0.2, 0) is 14.3 Å². The maximum atomic E-state index is 13.5. The minimum Gasteiger partial charge on any atom is -0.469 e. The summed E-state index contributed by atoms with van der Waals surface area (Å²) in [6.45, 7) is 2.37. The van der Waals surface area contributed by atoms with E-state index in [-0.39, 0.29) is 24.1 Å². The van der Waals surface area contributed by atoms with E-state index >= 15 is 0 Å². The van der Waals surface area contributed by atoms with E-state index in [0.717, 1.165) is 4.70 Å². The summed E-state index contributed by atoms with van der Waals surface area (Å²) in [5, 5.41) is 3.34. The van der Waals surface area contributed by atoms with Crippen molar-refractivity contribution < 1.29 is 23.5 Å². The van der Waals surface area contributed by atoms with Gasteiger partial charge in [-0.3, -0.25) is 14.4 Å². The van der Waals surface area contributed by atoms with Crippen LogP contribution < -0.4 is 5.32 Å². The number of aryl methyl sites for hydroxylation is 1. The van der Waals surface area contributed by atoms with Crippen LogP contribution in [0, 0.1) is 12.7 Å². The lowest BCUT2D eigenvalue weighted by molar-refractivity contribution is -0.145. The van der Waals surface area contributed by atoms with Crippen molar-refractivity contribution in [3.05, 3.63) is 34.5 Å². The topological polar surface area (TPSA) is 75.7 Å². The minimum atomic E-state index is -0.907. The van der Waals surface area contributed by atoms with Crippen molar-refractivity contribution in [3.8, 4) is 0 Å². The molecule has 1 N–H and O–H groups in total. The first-order valence-electron chi connectivity index (χ1n) is 7.76. The Morgan fingerprint density at radius 1 is 1.44 bits per heavy atom. The molecule has 132 valence electrons. The second-order valence-corrected chi connectivity index (χ2v) is 6.83. The molecule has 1 saturated heterocycles. The Balaban J connectivity index is 1.96. The summed E-state index contributed by atoms with van der Waals surface area (Å²) in [6.07, 6.45) is -0.202. The van der Waals surface area contributed by atoms with Crippen LogP contribution >= 0.6 is 11.3 Å². The average Bonchev–Trinajstić information content (AvgIpc) is 2.92. The highest BCUT2D eigenvalue weighted by atomic mass is 32.1. The number of ether oxygens (including phenoxy) is 1. The van der Waals surface area contributed by atoms with Gasteiger partial charge in [-0.05, 0) is 36.1 Å². The van der Waals surface area contributed by atoms with E-state index in [1.165, 1.54) is 35.5 Å². The third kappa shape index (κ3) is 3.21. The highest BCUT2D eigenvalue weighted by Gasteiger charge is 2.36. The van der Waals surface area contributed by atoms with Gasteiger partial charge in [0.25, 0.3) is 5.91 Å². The fraction of sp³-hybridized carbons (Fsp3) is 0.353. The number of esters is 1. The summed E-state index contributed by atoms with van der Waals surface area (Å²) in [6, 6.07) is 3.47. The summed E-state index contributed by atoms with van der Waals surface area (Å²) in [5.74, 6) is -1.64. The molecule has 1 aliphatic rings. The minimum absolute atomic E-state index is 0.202. The molecule has 2 aromatic rings. The molecule has 2 heterocycles. The molecule has 1 unspecified atom stereocenters. The maximum absolute atomic E-state index is 13.5. The fourth-order valence-electron chi connectivity index (χ4n) is 2.93. The van der Waals surface area contributed by atoms with E-state index in [2.05, 4.69) is 10.1 Å². The number of methoxy groups -OCH3 is 1. The Morgan fingerprint density at radius 3 is 2.92 bits per heavy atom. The van der Waals surface area contributed by atoms with E-state index in [9.17, 15) is 18.8 Å². The first-order chi connectivity index (χ1) is 11.9. The van der Waals surface area contributed by atoms with E-state index in [0.29, 0.717) is 28.9 Å². The zero-order chi connectivity index (χ0) is 18.1. The molecule has 0 aliphatic carbocycles. The van der Waals surface area contributed by atoms with Crippen LogP contribution in [0.5, 0.6) is 0 Å². The quantitative estimate of drug-likeness (QED) is 0.844. The van der Waals surface area contributed by atoms with Crippen LogP contribution in [0.25, 0.3) is 10.1 Å². The lowest BCUT2D eigenvalue weighted by Gasteiger charge is -2.34. The molecule has 1 aliphatic heterocycles. The van der Waals surface area contributed by atoms with Crippen LogP contribution in [0.2, 0.25) is 0 Å². The molecule has 3 rings (SSSR count). The molecule has 1 aromatic carbocycles. The average molecular weight is 364 g/mol. The predicted octanol–water partition coefficient (Wildman–Crippen LogP) is 1.85. The number of hydrogen-bond acceptors (Lipinski definition) is 5. The Hall–Kier alpha value is -2.48. The van der Waals surface area contributed by atoms with E-state index in [4.69, 9.17) is 0 Å². The molecule has 8 heteroatoms. The molecule has 1 aromatic heterocycles. The number of nitrogens with zero attached hydrogens (tertiary/aromatic N) is 1. The van der Waals surface area contributed by atoms with E-state index in [1.807, 2.05) is 0 Å². The fourth-order valence-corrected chi connectivity index (χ4v) is 4.08. The first-order valence-corrected chi connectivity index (χ1v) is 8.58. The van der Waals surface area contributed by atoms with Crippen molar-refractivity contribution in [1.82, 2.24) is 10.2 Å². The SMILES string of the molecule is COC(=O)CC1C(=O)NCCN1C(=O)c1sc2ccc(F)cc2c1C. The molecule has 1 fully saturated rings. The number of benzene rings is 1. The number of halogens is 1. The van der Waals surface area contributed by atoms with Crippen molar-refractivity contribution in [3.63, 3.8) is 0 Å². The molecule has 0 radical (unpaired) electrons. The van der Waals surface area contributed by atoms with Crippen LogP contribution in [-0.4, -0.2) is 48.9 Å². The van der Waals surface area contributed by atoms with Gasteiger partial charge in [0.2, 0.25) is 5.91 Å². The highest BCUT2D eigenvalue weighted by Crippen LogP contribution is 2.32. The number of carbonyl (C=O) groups excluding carboxylic acids is 3. The lowest BCUT2D eigenvalue weighted by Crippen LogP contribution is -2.57. The zero-order valence-electron chi connectivity index (χ0n) is 13.8. The third-order valence-corrected chi connectivity index (χ3v) is 5.53. The largest absolute Gasteiger partial charge is 0.469 e. The number of carbonyl (C=O) groups is 3. The molecular weight excluding hydrogens is 347 g/mol. The van der Waals surface area contributed by atoms with Gasteiger partial charge in [0.15, 0.2) is 0 Å². The lowest BCUT2D eigenvalue weighted by atomic mass is 10.1. The van der Waals surface area contributed by atoms with Crippen molar-refractivity contribution in [2.24, 2.45) is 0 Å². The Labute approximate surface area is 147 Å². The van der Waals surface area contributed by atoms with Crippen LogP contribution in [0.15, 0.2) is 18.2 Å². The van der Waals surface area contributed by atoms with Crippen LogP contribution in [0.3, 0.4) is 0 Å². The van der Waals surface area contributed by atoms with Crippen molar-refractivity contribution in [1.29, 1.82) is 0 Å². The van der Waals surface area contributed by atoms with E-state index < -0.39 is 12.0 Å². The van der Waals surface area contributed by atoms with Gasteiger partial charge in [-0.2, -0.15) is 0 Å². The Kier molecular flexibility index (Phi) is 4.71. The van der Waals surface area contributed by atoms with Crippen molar-refractivity contribution in [2.75, 3.05) is 20.2 Å². The smallest absolute Gasteiger partial charge is 0.308 e. The van der Waals surface area contributed by atoms with Crippen LogP contribution in [0.1, 0.15) is 21.7 Å². The number of nitrogens with one attached hydrogen (secondary N) is 1. The van der Waals surface area contributed by atoms with Gasteiger partial charge in [-0.15, -0.1) is 11.3 Å². The zero-order valence-corrected chi connectivity index (χ0v) is 14.6. The maximum Gasteiger partial charge on any atom is 0.308 e. The first kappa shape index (κ1) is 17.3. The molecule has 25 heavy (non-hydrogen) atoms. The van der Waals surface area contributed by atoms with Crippen molar-refractivity contribution in [2.45, 2.75) is 19.4 Å². The van der Waals surface area contributed by atoms with E-state index in [1.54, 1.807) is 13.0 Å². The van der Waals surface area contributed by atoms with Gasteiger partial charge in [0, 0.05) is 17.8 Å². The Bertz CT molecular complexity index is 864. The summed E-state index contributed by atoms with van der Waals surface area (Å²) in [5.41, 5.74) is 0.673. The summed E-state index contributed by atoms with van der Waals surface area (Å²) in [4.78, 5) is 38.6. The number of rotatable bonds is 3. The standard InChI is InChI=1S/C17H17FN2O4S/c1-9-11-7-10(18)3-4-13(11)25-15(9)17(23)20-6-5-19-16(22)12(20)8-14(21)24-2/h3-4,7,12H,5-6,8H2,1-2H3,(H,19,22). The van der Waals surface area contributed by atoms with Gasteiger partial charge in [0.1, 0.15) is 11.9 Å². The number of fused-ring (bicyclic) bond motifs is 1. The van der Waals surface area contributed by atoms with Gasteiger partial charge in [0.05, 0.1) is 18.4 Å². The molecule has 1 atom stereocenters. The molecular formula is C17H17FN2O4S. The summed E-state index contributed by atoms with van der Waals surface area (Å²) >= 11 is 1.26. The molecule has 0 bridgehead atoms. The molecule has 0 spiro atoms. The highest BCUT2D eigenvalue weighted by molar-refractivity contribution is 7.21. The number of amides is 2. The van der Waals surface area contributed by atoms with Gasteiger partial charge < -0.3 is 15.0 Å². The van der Waals surface area contributed by atoms with Gasteiger partial charge in [-0.1, -0.05) is 0 Å². The molecule has 6 nitrogen and oxygen atoms in total. The predicted molar refractivity (Wildman–Crippen MR) is 91.0 cm³/mol. The number of thiophene rings is 1. The number of hydrogen-bond donors (Lipinski definition) is 1. The molecule has 0 saturated carbocycles. The summed E-state index contributed by atoms with van der Waals surface area (Å²) < 4.78 is 18.9. The molecule has 2 amide bonds. The summed E-state index contributed by atoms with van der Waals surface area (Å²) in [7, 11) is 1.24. The van der Waals surface area contributed by atoms with Gasteiger partial charge in [-0.25, -0.2) is 4.39 Å². The number of piperazine rings is 1. The third-order valence-electron chi connectivity index (χ3n) is 4.27. The van der Waals surface area contributed by atoms with Crippen LogP contribution in [0.4, 0.5) is 4.39 Å². The van der Waals surface area contributed by atoms with Gasteiger partial charge >= 0.3 is 5.97 Å². The Morgan fingerprint density at radius 2 is 2.20 bits per heavy atom. The normalized spacial score (nSPS) is 17.5. The van der Waals surface area contributed by atoms with Crippen molar-refractivity contribution >= 4 is 39.2 Å².